The Hall–Kier alpha value is -3.48. The Morgan fingerprint density at radius 2 is 1.60 bits per heavy atom. The second-order valence-corrected chi connectivity index (χ2v) is 11.8. The number of urea groups is 1. The summed E-state index contributed by atoms with van der Waals surface area (Å²) in [5, 5.41) is 18.2. The first-order chi connectivity index (χ1) is 19.8. The summed E-state index contributed by atoms with van der Waals surface area (Å²) < 4.78 is 41.7. The van der Waals surface area contributed by atoms with Crippen LogP contribution in [0.1, 0.15) is 48.7 Å². The van der Waals surface area contributed by atoms with Crippen molar-refractivity contribution in [3.63, 3.8) is 0 Å². The largest absolute Gasteiger partial charge is 0.573 e. The molecule has 1 saturated carbocycles. The van der Waals surface area contributed by atoms with Crippen molar-refractivity contribution in [2.75, 3.05) is 10.6 Å². The van der Waals surface area contributed by atoms with Crippen molar-refractivity contribution in [3.8, 4) is 16.2 Å². The molecular formula is C28H26Cl2F3N3O5S. The fourth-order valence-electron chi connectivity index (χ4n) is 4.80. The van der Waals surface area contributed by atoms with Crippen LogP contribution in [0.15, 0.2) is 48.5 Å². The number of para-hydroxylation sites is 1. The number of aliphatic carboxylic acids is 1. The second-order valence-electron chi connectivity index (χ2n) is 9.90. The first-order valence-corrected chi connectivity index (χ1v) is 14.4. The van der Waals surface area contributed by atoms with Crippen LogP contribution in [0.3, 0.4) is 0 Å². The molecule has 0 aliphatic heterocycles. The smallest absolute Gasteiger partial charge is 0.480 e. The molecule has 4 N–H and O–H groups in total. The summed E-state index contributed by atoms with van der Waals surface area (Å²) in [5.74, 6) is -2.64. The summed E-state index contributed by atoms with van der Waals surface area (Å²) in [6.45, 7) is 1.47. The van der Waals surface area contributed by atoms with Crippen LogP contribution in [0.5, 0.6) is 5.75 Å². The van der Waals surface area contributed by atoms with Crippen LogP contribution in [0.2, 0.25) is 10.0 Å². The van der Waals surface area contributed by atoms with E-state index in [0.717, 1.165) is 42.7 Å². The predicted molar refractivity (Wildman–Crippen MR) is 156 cm³/mol. The topological polar surface area (TPSA) is 117 Å². The molecule has 3 aromatic rings. The van der Waals surface area contributed by atoms with Crippen molar-refractivity contribution in [3.05, 3.63) is 63.5 Å². The molecular weight excluding hydrogens is 618 g/mol. The summed E-state index contributed by atoms with van der Waals surface area (Å²) in [7, 11) is 0. The van der Waals surface area contributed by atoms with Gasteiger partial charge in [0.2, 0.25) is 0 Å². The van der Waals surface area contributed by atoms with Gasteiger partial charge in [-0.1, -0.05) is 48.5 Å². The molecule has 3 amide bonds. The lowest BCUT2D eigenvalue weighted by molar-refractivity contribution is -0.274. The van der Waals surface area contributed by atoms with Gasteiger partial charge in [0.15, 0.2) is 0 Å². The molecule has 42 heavy (non-hydrogen) atoms. The normalized spacial score (nSPS) is 15.4. The van der Waals surface area contributed by atoms with E-state index in [1.54, 1.807) is 6.07 Å². The highest BCUT2D eigenvalue weighted by atomic mass is 35.5. The number of nitrogens with one attached hydrogen (secondary N) is 3. The van der Waals surface area contributed by atoms with E-state index in [9.17, 15) is 32.7 Å². The Labute approximate surface area is 253 Å². The molecule has 1 heterocycles. The number of anilines is 2. The van der Waals surface area contributed by atoms with Crippen LogP contribution >= 0.6 is 34.5 Å². The molecule has 4 rings (SSSR count). The molecule has 1 aliphatic carbocycles. The van der Waals surface area contributed by atoms with Gasteiger partial charge in [0, 0.05) is 4.88 Å². The molecule has 0 spiro atoms. The number of rotatable bonds is 8. The highest BCUT2D eigenvalue weighted by Crippen LogP contribution is 2.38. The summed E-state index contributed by atoms with van der Waals surface area (Å²) in [5.41, 5.74) is -0.960. The Morgan fingerprint density at radius 3 is 2.17 bits per heavy atom. The number of halogens is 5. The fourth-order valence-corrected chi connectivity index (χ4v) is 6.31. The van der Waals surface area contributed by atoms with E-state index in [1.807, 2.05) is 0 Å². The monoisotopic (exact) mass is 643 g/mol. The lowest BCUT2D eigenvalue weighted by Crippen LogP contribution is -2.57. The number of ether oxygens (including phenoxy) is 1. The predicted octanol–water partition coefficient (Wildman–Crippen LogP) is 8.42. The summed E-state index contributed by atoms with van der Waals surface area (Å²) in [6.07, 6.45) is -0.912. The van der Waals surface area contributed by atoms with E-state index in [1.165, 1.54) is 37.3 Å². The molecule has 1 atom stereocenters. The van der Waals surface area contributed by atoms with Crippen molar-refractivity contribution in [1.82, 2.24) is 5.32 Å². The molecule has 2 aromatic carbocycles. The Kier molecular flexibility index (Phi) is 9.59. The highest BCUT2D eigenvalue weighted by Gasteiger charge is 2.43. The molecule has 0 saturated heterocycles. The van der Waals surface area contributed by atoms with Gasteiger partial charge in [-0.3, -0.25) is 4.79 Å². The maximum absolute atomic E-state index is 13.6. The van der Waals surface area contributed by atoms with Crippen molar-refractivity contribution in [2.24, 2.45) is 5.92 Å². The number of hydrogen-bond donors (Lipinski definition) is 4. The lowest BCUT2D eigenvalue weighted by Gasteiger charge is -2.37. The maximum atomic E-state index is 13.6. The summed E-state index contributed by atoms with van der Waals surface area (Å²) >= 11 is 13.2. The number of carboxylic acid groups (broad SMARTS) is 1. The first kappa shape index (κ1) is 31.5. The summed E-state index contributed by atoms with van der Waals surface area (Å²) in [4.78, 5) is 39.3. The molecule has 8 nitrogen and oxygen atoms in total. The Balaban J connectivity index is 1.66. The van der Waals surface area contributed by atoms with Gasteiger partial charge in [-0.15, -0.1) is 24.5 Å². The quantitative estimate of drug-likeness (QED) is 0.197. The zero-order valence-electron chi connectivity index (χ0n) is 22.1. The number of carbonyl (C=O) groups excluding carboxylic acids is 2. The third-order valence-electron chi connectivity index (χ3n) is 7.00. The number of carbonyl (C=O) groups is 3. The molecule has 14 heteroatoms. The molecule has 1 aliphatic rings. The lowest BCUT2D eigenvalue weighted by atomic mass is 9.75. The molecule has 224 valence electrons. The van der Waals surface area contributed by atoms with Crippen LogP contribution < -0.4 is 20.7 Å². The van der Waals surface area contributed by atoms with Crippen LogP contribution in [0.4, 0.5) is 29.3 Å². The first-order valence-electron chi connectivity index (χ1n) is 12.8. The number of amides is 3. The Bertz CT molecular complexity index is 1460. The minimum Gasteiger partial charge on any atom is -0.480 e. The van der Waals surface area contributed by atoms with Gasteiger partial charge in [-0.2, -0.15) is 0 Å². The molecule has 0 unspecified atom stereocenters. The van der Waals surface area contributed by atoms with E-state index in [0.29, 0.717) is 23.3 Å². The van der Waals surface area contributed by atoms with E-state index in [4.69, 9.17) is 23.2 Å². The molecule has 1 aromatic heterocycles. The maximum Gasteiger partial charge on any atom is 0.573 e. The van der Waals surface area contributed by atoms with Gasteiger partial charge in [0.1, 0.15) is 16.2 Å². The van der Waals surface area contributed by atoms with Crippen LogP contribution in [-0.4, -0.2) is 34.9 Å². The third kappa shape index (κ3) is 7.47. The van der Waals surface area contributed by atoms with Crippen LogP contribution in [-0.2, 0) is 4.79 Å². The van der Waals surface area contributed by atoms with E-state index < -0.39 is 35.6 Å². The van der Waals surface area contributed by atoms with Crippen molar-refractivity contribution in [1.29, 1.82) is 0 Å². The van der Waals surface area contributed by atoms with Gasteiger partial charge < -0.3 is 25.8 Å². The van der Waals surface area contributed by atoms with E-state index in [2.05, 4.69) is 20.7 Å². The number of alkyl halides is 3. The van der Waals surface area contributed by atoms with Crippen molar-refractivity contribution in [2.45, 2.75) is 50.9 Å². The van der Waals surface area contributed by atoms with Crippen LogP contribution in [0, 0.1) is 5.92 Å². The average Bonchev–Trinajstić information content (AvgIpc) is 3.34. The standard InChI is InChI=1S/C28H26Cl2F3N3O5S/c1-27(25(38)39,16-6-3-2-4-7-16)36-24(37)23-20(34-26(40)35-22-18(29)8-5-9-19(22)30)14-21(42-23)15-10-12-17(13-11-15)41-28(31,32)33/h5,8-14,16H,2-4,6-7H2,1H3,(H,36,37)(H,38,39)(H2,34,35,40)/t27-/m0/s1. The van der Waals surface area contributed by atoms with E-state index >= 15 is 0 Å². The summed E-state index contributed by atoms with van der Waals surface area (Å²) in [6, 6.07) is 10.3. The zero-order valence-corrected chi connectivity index (χ0v) is 24.4. The minimum absolute atomic E-state index is 0.00990. The fraction of sp³-hybridized carbons (Fsp3) is 0.321. The minimum atomic E-state index is -4.86. The third-order valence-corrected chi connectivity index (χ3v) is 8.81. The van der Waals surface area contributed by atoms with Crippen molar-refractivity contribution >= 4 is 63.8 Å². The molecule has 0 radical (unpaired) electrons. The van der Waals surface area contributed by atoms with Gasteiger partial charge in [-0.05, 0) is 73.7 Å². The van der Waals surface area contributed by atoms with E-state index in [-0.39, 0.29) is 32.2 Å². The van der Waals surface area contributed by atoms with Gasteiger partial charge in [0.05, 0.1) is 21.4 Å². The average molecular weight is 644 g/mol. The number of benzene rings is 2. The van der Waals surface area contributed by atoms with Gasteiger partial charge >= 0.3 is 18.4 Å². The molecule has 0 bridgehead atoms. The Morgan fingerprint density at radius 1 is 0.976 bits per heavy atom. The number of thiophene rings is 1. The SMILES string of the molecule is C[C@@](NC(=O)c1sc(-c2ccc(OC(F)(F)F)cc2)cc1NC(=O)Nc1c(Cl)cccc1Cl)(C(=O)O)C1CCCCC1. The highest BCUT2D eigenvalue weighted by molar-refractivity contribution is 7.18. The second kappa shape index (κ2) is 12.8. The molecule has 1 fully saturated rings. The zero-order chi connectivity index (χ0) is 30.7. The van der Waals surface area contributed by atoms with Gasteiger partial charge in [-0.25, -0.2) is 9.59 Å². The van der Waals surface area contributed by atoms with Crippen molar-refractivity contribution < 1.29 is 37.4 Å². The number of hydrogen-bond acceptors (Lipinski definition) is 5. The number of carboxylic acids is 1. The van der Waals surface area contributed by atoms with Gasteiger partial charge in [0.25, 0.3) is 5.91 Å². The van der Waals surface area contributed by atoms with Crippen LogP contribution in [0.25, 0.3) is 10.4 Å².